The van der Waals surface area contributed by atoms with Gasteiger partial charge in [0.1, 0.15) is 0 Å². The molecule has 1 atom stereocenters. The maximum Gasteiger partial charge on any atom is 0.251 e. The number of benzene rings is 1. The summed E-state index contributed by atoms with van der Waals surface area (Å²) < 4.78 is 25.5. The normalized spacial score (nSPS) is 17.4. The van der Waals surface area contributed by atoms with Crippen LogP contribution in [-0.4, -0.2) is 57.3 Å². The van der Waals surface area contributed by atoms with Crippen LogP contribution >= 0.6 is 11.3 Å². The number of nitrogens with zero attached hydrogens (tertiary/aromatic N) is 2. The van der Waals surface area contributed by atoms with E-state index < -0.39 is 10.0 Å². The first-order chi connectivity index (χ1) is 13.8. The first-order valence-electron chi connectivity index (χ1n) is 9.87. The van der Waals surface area contributed by atoms with Gasteiger partial charge >= 0.3 is 0 Å². The van der Waals surface area contributed by atoms with E-state index in [-0.39, 0.29) is 16.8 Å². The molecule has 2 heterocycles. The number of piperidine rings is 1. The highest BCUT2D eigenvalue weighted by atomic mass is 32.2. The van der Waals surface area contributed by atoms with Gasteiger partial charge in [-0.05, 0) is 67.6 Å². The first kappa shape index (κ1) is 22.0. The van der Waals surface area contributed by atoms with Gasteiger partial charge < -0.3 is 5.32 Å². The number of nitrogens with one attached hydrogen (secondary N) is 1. The second kappa shape index (κ2) is 9.38. The molecule has 1 unspecified atom stereocenters. The molecule has 1 aliphatic rings. The largest absolute Gasteiger partial charge is 0.350 e. The van der Waals surface area contributed by atoms with E-state index in [0.717, 1.165) is 23.3 Å². The molecule has 0 bridgehead atoms. The number of carbonyl (C=O) groups is 1. The lowest BCUT2D eigenvalue weighted by Crippen LogP contribution is -2.41. The van der Waals surface area contributed by atoms with Gasteiger partial charge in [-0.3, -0.25) is 9.69 Å². The SMILES string of the molecule is CC1CCN(C(CNC(=O)c2ccc(S(=O)(=O)N(C)C)cc2)c2cccs2)CC1. The number of amides is 1. The van der Waals surface area contributed by atoms with Crippen LogP contribution in [0, 0.1) is 5.92 Å². The van der Waals surface area contributed by atoms with E-state index in [0.29, 0.717) is 12.1 Å². The summed E-state index contributed by atoms with van der Waals surface area (Å²) in [5, 5.41) is 5.11. The van der Waals surface area contributed by atoms with Crippen LogP contribution in [0.25, 0.3) is 0 Å². The van der Waals surface area contributed by atoms with E-state index in [1.807, 2.05) is 6.07 Å². The van der Waals surface area contributed by atoms with E-state index in [2.05, 4.69) is 28.6 Å². The molecule has 0 spiro atoms. The number of thiophene rings is 1. The van der Waals surface area contributed by atoms with Crippen molar-refractivity contribution in [3.05, 3.63) is 52.2 Å². The molecule has 1 saturated heterocycles. The Morgan fingerprint density at radius 2 is 1.86 bits per heavy atom. The van der Waals surface area contributed by atoms with Crippen LogP contribution in [0.15, 0.2) is 46.7 Å². The topological polar surface area (TPSA) is 69.7 Å². The van der Waals surface area contributed by atoms with Crippen molar-refractivity contribution in [1.29, 1.82) is 0 Å². The molecule has 158 valence electrons. The van der Waals surface area contributed by atoms with Crippen LogP contribution in [0.3, 0.4) is 0 Å². The van der Waals surface area contributed by atoms with Crippen LogP contribution in [0.2, 0.25) is 0 Å². The third kappa shape index (κ3) is 5.25. The second-order valence-corrected chi connectivity index (χ2v) is 10.9. The van der Waals surface area contributed by atoms with Crippen molar-refractivity contribution in [3.8, 4) is 0 Å². The Morgan fingerprint density at radius 3 is 2.41 bits per heavy atom. The fraction of sp³-hybridized carbons (Fsp3) is 0.476. The zero-order valence-electron chi connectivity index (χ0n) is 17.2. The molecule has 0 aliphatic carbocycles. The van der Waals surface area contributed by atoms with E-state index in [1.165, 1.54) is 43.9 Å². The van der Waals surface area contributed by atoms with Crippen molar-refractivity contribution in [2.45, 2.75) is 30.7 Å². The zero-order chi connectivity index (χ0) is 21.0. The highest BCUT2D eigenvalue weighted by Gasteiger charge is 2.26. The highest BCUT2D eigenvalue weighted by Crippen LogP contribution is 2.29. The maximum absolute atomic E-state index is 12.7. The lowest BCUT2D eigenvalue weighted by atomic mass is 9.97. The predicted octanol–water partition coefficient (Wildman–Crippen LogP) is 3.20. The van der Waals surface area contributed by atoms with Crippen molar-refractivity contribution in [3.63, 3.8) is 0 Å². The minimum atomic E-state index is -3.50. The molecule has 2 aromatic rings. The molecule has 8 heteroatoms. The van der Waals surface area contributed by atoms with Gasteiger partial charge in [-0.1, -0.05) is 13.0 Å². The van der Waals surface area contributed by atoms with E-state index in [9.17, 15) is 13.2 Å². The summed E-state index contributed by atoms with van der Waals surface area (Å²) in [6.07, 6.45) is 2.36. The molecular formula is C21H29N3O3S2. The van der Waals surface area contributed by atoms with Crippen molar-refractivity contribution in [1.82, 2.24) is 14.5 Å². The summed E-state index contributed by atoms with van der Waals surface area (Å²) >= 11 is 1.72. The number of hydrogen-bond acceptors (Lipinski definition) is 5. The van der Waals surface area contributed by atoms with Crippen molar-refractivity contribution >= 4 is 27.3 Å². The van der Waals surface area contributed by atoms with Gasteiger partial charge in [0, 0.05) is 31.1 Å². The van der Waals surface area contributed by atoms with Crippen molar-refractivity contribution < 1.29 is 13.2 Å². The lowest BCUT2D eigenvalue weighted by molar-refractivity contribution is 0.0915. The zero-order valence-corrected chi connectivity index (χ0v) is 18.8. The van der Waals surface area contributed by atoms with Gasteiger partial charge in [0.25, 0.3) is 5.91 Å². The molecule has 1 aromatic carbocycles. The van der Waals surface area contributed by atoms with Crippen LogP contribution in [-0.2, 0) is 10.0 Å². The summed E-state index contributed by atoms with van der Waals surface area (Å²) in [6.45, 7) is 4.90. The van der Waals surface area contributed by atoms with Crippen molar-refractivity contribution in [2.24, 2.45) is 5.92 Å². The summed E-state index contributed by atoms with van der Waals surface area (Å²) in [6, 6.07) is 10.4. The average Bonchev–Trinajstić information content (AvgIpc) is 3.24. The van der Waals surface area contributed by atoms with Crippen LogP contribution in [0.1, 0.15) is 41.0 Å². The van der Waals surface area contributed by atoms with Crippen LogP contribution < -0.4 is 5.32 Å². The van der Waals surface area contributed by atoms with E-state index in [4.69, 9.17) is 0 Å². The Labute approximate surface area is 177 Å². The second-order valence-electron chi connectivity index (χ2n) is 7.77. The Balaban J connectivity index is 1.67. The number of likely N-dealkylation sites (tertiary alicyclic amines) is 1. The monoisotopic (exact) mass is 435 g/mol. The molecule has 1 N–H and O–H groups in total. The van der Waals surface area contributed by atoms with Crippen molar-refractivity contribution in [2.75, 3.05) is 33.7 Å². The molecule has 29 heavy (non-hydrogen) atoms. The summed E-state index contributed by atoms with van der Waals surface area (Å²) in [5.74, 6) is 0.563. The maximum atomic E-state index is 12.7. The molecule has 1 aliphatic heterocycles. The molecule has 1 fully saturated rings. The molecule has 3 rings (SSSR count). The number of rotatable bonds is 7. The lowest BCUT2D eigenvalue weighted by Gasteiger charge is -2.36. The van der Waals surface area contributed by atoms with E-state index in [1.54, 1.807) is 23.5 Å². The Bertz CT molecular complexity index is 901. The average molecular weight is 436 g/mol. The standard InChI is InChI=1S/C21H29N3O3S2/c1-16-10-12-24(13-11-16)19(20-5-4-14-28-20)15-22-21(25)17-6-8-18(9-7-17)29(26,27)23(2)3/h4-9,14,16,19H,10-13,15H2,1-3H3,(H,22,25). The van der Waals surface area contributed by atoms with Gasteiger partial charge in [0.15, 0.2) is 0 Å². The fourth-order valence-electron chi connectivity index (χ4n) is 3.51. The number of carbonyl (C=O) groups excluding carboxylic acids is 1. The Kier molecular flexibility index (Phi) is 7.10. The number of hydrogen-bond donors (Lipinski definition) is 1. The molecule has 1 aromatic heterocycles. The quantitative estimate of drug-likeness (QED) is 0.725. The molecule has 1 amide bonds. The molecule has 0 radical (unpaired) electrons. The smallest absolute Gasteiger partial charge is 0.251 e. The first-order valence-corrected chi connectivity index (χ1v) is 12.2. The summed E-state index contributed by atoms with van der Waals surface area (Å²) in [5.41, 5.74) is 0.458. The van der Waals surface area contributed by atoms with Gasteiger partial charge in [0.05, 0.1) is 10.9 Å². The van der Waals surface area contributed by atoms with Gasteiger partial charge in [-0.2, -0.15) is 0 Å². The minimum Gasteiger partial charge on any atom is -0.350 e. The van der Waals surface area contributed by atoms with Gasteiger partial charge in [-0.25, -0.2) is 12.7 Å². The number of sulfonamides is 1. The third-order valence-electron chi connectivity index (χ3n) is 5.48. The summed E-state index contributed by atoms with van der Waals surface area (Å²) in [4.78, 5) is 16.6. The molecular weight excluding hydrogens is 406 g/mol. The summed E-state index contributed by atoms with van der Waals surface area (Å²) in [7, 11) is -0.521. The molecule has 6 nitrogen and oxygen atoms in total. The van der Waals surface area contributed by atoms with Gasteiger partial charge in [-0.15, -0.1) is 11.3 Å². The van der Waals surface area contributed by atoms with Crippen LogP contribution in [0.5, 0.6) is 0 Å². The third-order valence-corrected chi connectivity index (χ3v) is 8.28. The van der Waals surface area contributed by atoms with Crippen LogP contribution in [0.4, 0.5) is 0 Å². The van der Waals surface area contributed by atoms with Gasteiger partial charge in [0.2, 0.25) is 10.0 Å². The molecule has 0 saturated carbocycles. The van der Waals surface area contributed by atoms with E-state index >= 15 is 0 Å². The Morgan fingerprint density at radius 1 is 1.21 bits per heavy atom. The predicted molar refractivity (Wildman–Crippen MR) is 117 cm³/mol. The highest BCUT2D eigenvalue weighted by molar-refractivity contribution is 7.89. The fourth-order valence-corrected chi connectivity index (χ4v) is 5.27. The Hall–Kier alpha value is -1.74. The minimum absolute atomic E-state index is 0.167.